The highest BCUT2D eigenvalue weighted by atomic mass is 14.2. The third kappa shape index (κ3) is 16.7. The molecule has 0 heteroatoms. The molecule has 1 saturated carbocycles. The quantitative estimate of drug-likeness (QED) is 0.454. The van der Waals surface area contributed by atoms with Gasteiger partial charge in [0.05, 0.1) is 0 Å². The Bertz CT molecular complexity index is 19.2. The minimum atomic E-state index is 1.08. The third-order valence-electron chi connectivity index (χ3n) is 0.866. The molecule has 0 saturated heterocycles. The van der Waals surface area contributed by atoms with Crippen LogP contribution in [0.5, 0.6) is 0 Å². The minimum Gasteiger partial charge on any atom is -0.0683 e. The van der Waals surface area contributed by atoms with E-state index in [1.54, 1.807) is 0 Å². The maximum atomic E-state index is 2.28. The van der Waals surface area contributed by atoms with E-state index in [-0.39, 0.29) is 0 Å². The van der Waals surface area contributed by atoms with Gasteiger partial charge in [-0.3, -0.25) is 0 Å². The van der Waals surface area contributed by atoms with Gasteiger partial charge in [-0.2, -0.15) is 0 Å². The van der Waals surface area contributed by atoms with Crippen LogP contribution in [0.25, 0.3) is 0 Å². The summed E-state index contributed by atoms with van der Waals surface area (Å²) in [5.74, 6) is 1.08. The molecule has 0 aromatic rings. The monoisotopic (exact) mass is 116 g/mol. The summed E-state index contributed by atoms with van der Waals surface area (Å²) in [7, 11) is 0. The van der Waals surface area contributed by atoms with Crippen molar-refractivity contribution in [1.29, 1.82) is 0 Å². The average molecular weight is 116 g/mol. The second kappa shape index (κ2) is 10.1. The molecular weight excluding hydrogens is 96.1 g/mol. The molecule has 8 heavy (non-hydrogen) atoms. The first kappa shape index (κ1) is 10.9. The molecule has 0 aromatic carbocycles. The number of rotatable bonds is 0. The van der Waals surface area contributed by atoms with E-state index in [2.05, 4.69) is 6.92 Å². The summed E-state index contributed by atoms with van der Waals surface area (Å²) in [5.41, 5.74) is 0. The molecule has 0 amide bonds. The Morgan fingerprint density at radius 3 is 1.00 bits per heavy atom. The molecule has 1 aliphatic carbocycles. The van der Waals surface area contributed by atoms with Gasteiger partial charge >= 0.3 is 0 Å². The molecule has 1 aliphatic rings. The van der Waals surface area contributed by atoms with Crippen LogP contribution in [0, 0.1) is 5.92 Å². The van der Waals surface area contributed by atoms with Crippen molar-refractivity contribution < 1.29 is 0 Å². The predicted molar refractivity (Wildman–Crippen MR) is 41.1 cm³/mol. The van der Waals surface area contributed by atoms with Crippen LogP contribution in [0.1, 0.15) is 47.5 Å². The molecule has 0 bridgehead atoms. The molecule has 0 unspecified atom stereocenters. The molecule has 1 fully saturated rings. The van der Waals surface area contributed by atoms with Crippen LogP contribution in [-0.4, -0.2) is 0 Å². The first-order valence-corrected chi connectivity index (χ1v) is 3.89. The molecule has 0 N–H and O–H groups in total. The summed E-state index contributed by atoms with van der Waals surface area (Å²) in [6.45, 7) is 10.3. The lowest BCUT2D eigenvalue weighted by Crippen LogP contribution is -1.42. The first-order valence-electron chi connectivity index (χ1n) is 3.89. The summed E-state index contributed by atoms with van der Waals surface area (Å²) in [6.07, 6.45) is 2.97. The van der Waals surface area contributed by atoms with E-state index in [9.17, 15) is 0 Å². The van der Waals surface area contributed by atoms with Gasteiger partial charge in [-0.1, -0.05) is 47.5 Å². The smallest absolute Gasteiger partial charge is 0.0443 e. The average Bonchev–Trinajstić information content (AvgIpc) is 2.62. The van der Waals surface area contributed by atoms with Gasteiger partial charge in [0.2, 0.25) is 0 Å². The lowest BCUT2D eigenvalue weighted by atomic mass is 10.5. The summed E-state index contributed by atoms with van der Waals surface area (Å²) < 4.78 is 0. The Hall–Kier alpha value is 0. The van der Waals surface area contributed by atoms with Gasteiger partial charge < -0.3 is 0 Å². The fourth-order valence-electron chi connectivity index (χ4n) is 0.167. The molecule has 0 radical (unpaired) electrons. The summed E-state index contributed by atoms with van der Waals surface area (Å²) in [6, 6.07) is 0. The Balaban J connectivity index is 0. The van der Waals surface area contributed by atoms with Gasteiger partial charge in [0.25, 0.3) is 0 Å². The predicted octanol–water partition coefficient (Wildman–Crippen LogP) is 3.47. The Morgan fingerprint density at radius 2 is 1.00 bits per heavy atom. The van der Waals surface area contributed by atoms with Crippen LogP contribution < -0.4 is 0 Å². The maximum Gasteiger partial charge on any atom is -0.0443 e. The van der Waals surface area contributed by atoms with E-state index < -0.39 is 0 Å². The van der Waals surface area contributed by atoms with Crippen LogP contribution in [0.15, 0.2) is 0 Å². The third-order valence-corrected chi connectivity index (χ3v) is 0.866. The van der Waals surface area contributed by atoms with Gasteiger partial charge in [-0.05, 0) is 5.92 Å². The van der Waals surface area contributed by atoms with Crippen LogP contribution in [0.2, 0.25) is 0 Å². The van der Waals surface area contributed by atoms with Gasteiger partial charge in [0.1, 0.15) is 0 Å². The first-order chi connectivity index (χ1) is 3.89. The molecule has 0 heterocycles. The zero-order valence-electron chi connectivity index (χ0n) is 6.99. The molecule has 1 rings (SSSR count). The van der Waals surface area contributed by atoms with E-state index in [0.29, 0.717) is 0 Å². The fraction of sp³-hybridized carbons (Fsp3) is 1.00. The van der Waals surface area contributed by atoms with Crippen LogP contribution >= 0.6 is 0 Å². The lowest BCUT2D eigenvalue weighted by Gasteiger charge is -1.53. The normalized spacial score (nSPS) is 14.6. The van der Waals surface area contributed by atoms with Gasteiger partial charge in [0.15, 0.2) is 0 Å². The lowest BCUT2D eigenvalue weighted by molar-refractivity contribution is 0.983. The SMILES string of the molecule is CC.CC.CC1CC1. The van der Waals surface area contributed by atoms with Crippen molar-refractivity contribution in [2.45, 2.75) is 47.5 Å². The van der Waals surface area contributed by atoms with Gasteiger partial charge in [-0.15, -0.1) is 0 Å². The molecule has 0 atom stereocenters. The largest absolute Gasteiger partial charge is 0.0683 e. The van der Waals surface area contributed by atoms with Crippen molar-refractivity contribution >= 4 is 0 Å². The molecule has 0 aromatic heterocycles. The molecule has 0 aliphatic heterocycles. The van der Waals surface area contributed by atoms with Crippen LogP contribution in [0.4, 0.5) is 0 Å². The summed E-state index contributed by atoms with van der Waals surface area (Å²) in [4.78, 5) is 0. The summed E-state index contributed by atoms with van der Waals surface area (Å²) in [5, 5.41) is 0. The zero-order valence-corrected chi connectivity index (χ0v) is 6.99. The number of hydrogen-bond acceptors (Lipinski definition) is 0. The molecule has 52 valence electrons. The Morgan fingerprint density at radius 1 is 0.875 bits per heavy atom. The van der Waals surface area contributed by atoms with Crippen LogP contribution in [-0.2, 0) is 0 Å². The van der Waals surface area contributed by atoms with E-state index >= 15 is 0 Å². The van der Waals surface area contributed by atoms with E-state index in [1.807, 2.05) is 27.7 Å². The van der Waals surface area contributed by atoms with Crippen molar-refractivity contribution in [3.8, 4) is 0 Å². The Kier molecular flexibility index (Phi) is 13.7. The van der Waals surface area contributed by atoms with Gasteiger partial charge in [-0.25, -0.2) is 0 Å². The second-order valence-electron chi connectivity index (χ2n) is 1.68. The van der Waals surface area contributed by atoms with Crippen molar-refractivity contribution in [3.63, 3.8) is 0 Å². The highest BCUT2D eigenvalue weighted by molar-refractivity contribution is 4.65. The standard InChI is InChI=1S/C4H8.2C2H6/c1-4-2-3-4;2*1-2/h4H,2-3H2,1H3;2*1-2H3. The zero-order chi connectivity index (χ0) is 6.99. The van der Waals surface area contributed by atoms with Crippen molar-refractivity contribution in [2.24, 2.45) is 5.92 Å². The number of hydrogen-bond donors (Lipinski definition) is 0. The van der Waals surface area contributed by atoms with Gasteiger partial charge in [0, 0.05) is 0 Å². The van der Waals surface area contributed by atoms with Crippen molar-refractivity contribution in [2.75, 3.05) is 0 Å². The van der Waals surface area contributed by atoms with E-state index in [4.69, 9.17) is 0 Å². The Labute approximate surface area is 54.3 Å². The van der Waals surface area contributed by atoms with Crippen LogP contribution in [0.3, 0.4) is 0 Å². The maximum absolute atomic E-state index is 2.28. The molecule has 0 nitrogen and oxygen atoms in total. The van der Waals surface area contributed by atoms with Crippen molar-refractivity contribution in [1.82, 2.24) is 0 Å². The molecular formula is C8H20. The second-order valence-corrected chi connectivity index (χ2v) is 1.68. The van der Waals surface area contributed by atoms with E-state index in [0.717, 1.165) is 5.92 Å². The topological polar surface area (TPSA) is 0 Å². The highest BCUT2D eigenvalue weighted by Gasteiger charge is 2.12. The fourth-order valence-corrected chi connectivity index (χ4v) is 0.167. The van der Waals surface area contributed by atoms with E-state index in [1.165, 1.54) is 12.8 Å². The van der Waals surface area contributed by atoms with Crippen molar-refractivity contribution in [3.05, 3.63) is 0 Å². The minimum absolute atomic E-state index is 1.08. The highest BCUT2D eigenvalue weighted by Crippen LogP contribution is 2.26. The molecule has 0 spiro atoms. The summed E-state index contributed by atoms with van der Waals surface area (Å²) >= 11 is 0.